The first kappa shape index (κ1) is 15.5. The lowest BCUT2D eigenvalue weighted by Gasteiger charge is -2.03. The molecule has 1 N–H and O–H groups in total. The number of anilines is 1. The summed E-state index contributed by atoms with van der Waals surface area (Å²) < 4.78 is 4.67. The highest BCUT2D eigenvalue weighted by Gasteiger charge is 2.17. The number of rotatable bonds is 4. The van der Waals surface area contributed by atoms with Gasteiger partial charge in [0.1, 0.15) is 4.88 Å². The SMILES string of the molecule is COC(=O)c1sc(NC(=O)c2cccc(SC)c2)nc1C. The molecule has 1 aromatic heterocycles. The summed E-state index contributed by atoms with van der Waals surface area (Å²) in [4.78, 5) is 29.3. The van der Waals surface area contributed by atoms with Gasteiger partial charge < -0.3 is 4.74 Å². The van der Waals surface area contributed by atoms with Crippen molar-refractivity contribution in [3.8, 4) is 0 Å². The van der Waals surface area contributed by atoms with Gasteiger partial charge in [-0.2, -0.15) is 0 Å². The van der Waals surface area contributed by atoms with E-state index in [9.17, 15) is 9.59 Å². The molecule has 110 valence electrons. The average Bonchev–Trinajstić information content (AvgIpc) is 2.87. The fraction of sp³-hybridized carbons (Fsp3) is 0.214. The Morgan fingerprint density at radius 2 is 2.14 bits per heavy atom. The van der Waals surface area contributed by atoms with E-state index in [0.29, 0.717) is 21.3 Å². The van der Waals surface area contributed by atoms with Crippen LogP contribution in [0.25, 0.3) is 0 Å². The molecule has 2 aromatic rings. The van der Waals surface area contributed by atoms with Crippen LogP contribution in [-0.4, -0.2) is 30.2 Å². The van der Waals surface area contributed by atoms with Gasteiger partial charge in [-0.05, 0) is 31.4 Å². The molecule has 21 heavy (non-hydrogen) atoms. The van der Waals surface area contributed by atoms with E-state index in [1.807, 2.05) is 24.5 Å². The predicted molar refractivity (Wildman–Crippen MR) is 84.4 cm³/mol. The van der Waals surface area contributed by atoms with Gasteiger partial charge in [-0.3, -0.25) is 10.1 Å². The molecule has 0 bridgehead atoms. The molecule has 0 aliphatic carbocycles. The molecule has 0 atom stereocenters. The lowest BCUT2D eigenvalue weighted by molar-refractivity contribution is 0.0605. The largest absolute Gasteiger partial charge is 0.465 e. The molecule has 0 aliphatic heterocycles. The van der Waals surface area contributed by atoms with Crippen LogP contribution in [0.2, 0.25) is 0 Å². The van der Waals surface area contributed by atoms with Gasteiger partial charge in [-0.25, -0.2) is 9.78 Å². The van der Waals surface area contributed by atoms with E-state index in [-0.39, 0.29) is 5.91 Å². The first-order chi connectivity index (χ1) is 10.0. The summed E-state index contributed by atoms with van der Waals surface area (Å²) in [6, 6.07) is 7.30. The third-order valence-electron chi connectivity index (χ3n) is 2.72. The molecule has 1 heterocycles. The van der Waals surface area contributed by atoms with Crippen molar-refractivity contribution in [1.82, 2.24) is 4.98 Å². The molecule has 0 aliphatic rings. The minimum atomic E-state index is -0.449. The minimum absolute atomic E-state index is 0.254. The number of amides is 1. The average molecular weight is 322 g/mol. The van der Waals surface area contributed by atoms with E-state index in [1.165, 1.54) is 7.11 Å². The van der Waals surface area contributed by atoms with Crippen molar-refractivity contribution >= 4 is 40.1 Å². The fourth-order valence-electron chi connectivity index (χ4n) is 1.67. The Labute approximate surface area is 130 Å². The van der Waals surface area contributed by atoms with Gasteiger partial charge in [-0.1, -0.05) is 17.4 Å². The Kier molecular flexibility index (Phi) is 4.98. The highest BCUT2D eigenvalue weighted by Crippen LogP contribution is 2.24. The van der Waals surface area contributed by atoms with Crippen LogP contribution >= 0.6 is 23.1 Å². The number of aryl methyl sites for hydroxylation is 1. The molecule has 1 aromatic carbocycles. The van der Waals surface area contributed by atoms with Crippen molar-refractivity contribution in [1.29, 1.82) is 0 Å². The maximum Gasteiger partial charge on any atom is 0.350 e. The van der Waals surface area contributed by atoms with Crippen LogP contribution < -0.4 is 5.32 Å². The molecule has 0 radical (unpaired) electrons. The Bertz CT molecular complexity index is 683. The smallest absolute Gasteiger partial charge is 0.350 e. The summed E-state index contributed by atoms with van der Waals surface area (Å²) in [5.41, 5.74) is 1.09. The van der Waals surface area contributed by atoms with E-state index in [0.717, 1.165) is 16.2 Å². The van der Waals surface area contributed by atoms with Crippen LogP contribution in [0, 0.1) is 6.92 Å². The topological polar surface area (TPSA) is 68.3 Å². The maximum absolute atomic E-state index is 12.2. The number of benzene rings is 1. The monoisotopic (exact) mass is 322 g/mol. The molecule has 5 nitrogen and oxygen atoms in total. The van der Waals surface area contributed by atoms with E-state index in [2.05, 4.69) is 15.0 Å². The van der Waals surface area contributed by atoms with E-state index in [1.54, 1.807) is 24.8 Å². The molecule has 2 rings (SSSR count). The molecule has 0 spiro atoms. The molecule has 0 fully saturated rings. The molecule has 0 saturated carbocycles. The number of nitrogens with zero attached hydrogens (tertiary/aromatic N) is 1. The van der Waals surface area contributed by atoms with Gasteiger partial charge in [-0.15, -0.1) is 11.8 Å². The van der Waals surface area contributed by atoms with Crippen molar-refractivity contribution in [2.45, 2.75) is 11.8 Å². The van der Waals surface area contributed by atoms with E-state index >= 15 is 0 Å². The molecule has 1 amide bonds. The highest BCUT2D eigenvalue weighted by atomic mass is 32.2. The third-order valence-corrected chi connectivity index (χ3v) is 4.50. The third kappa shape index (κ3) is 3.62. The number of nitrogens with one attached hydrogen (secondary N) is 1. The van der Waals surface area contributed by atoms with Crippen LogP contribution in [0.15, 0.2) is 29.2 Å². The number of ether oxygens (including phenoxy) is 1. The summed E-state index contributed by atoms with van der Waals surface area (Å²) in [5.74, 6) is -0.703. The maximum atomic E-state index is 12.2. The molecule has 0 unspecified atom stereocenters. The van der Waals surface area contributed by atoms with Gasteiger partial charge in [0.15, 0.2) is 5.13 Å². The van der Waals surface area contributed by atoms with Gasteiger partial charge in [0.2, 0.25) is 0 Å². The lowest BCUT2D eigenvalue weighted by Crippen LogP contribution is -2.11. The number of aromatic nitrogens is 1. The number of thioether (sulfide) groups is 1. The normalized spacial score (nSPS) is 10.2. The Balaban J connectivity index is 2.17. The predicted octanol–water partition coefficient (Wildman–Crippen LogP) is 3.21. The fourth-order valence-corrected chi connectivity index (χ4v) is 3.00. The molecule has 0 saturated heterocycles. The number of esters is 1. The molecular weight excluding hydrogens is 308 g/mol. The molecule has 7 heteroatoms. The van der Waals surface area contributed by atoms with Crippen LogP contribution in [0.4, 0.5) is 5.13 Å². The second-order valence-electron chi connectivity index (χ2n) is 4.11. The molecular formula is C14H14N2O3S2. The van der Waals surface area contributed by atoms with Gasteiger partial charge in [0.05, 0.1) is 12.8 Å². The quantitative estimate of drug-likeness (QED) is 0.691. The van der Waals surface area contributed by atoms with Crippen LogP contribution in [0.1, 0.15) is 25.7 Å². The summed E-state index contributed by atoms with van der Waals surface area (Å²) in [6.45, 7) is 1.70. The number of thiazole rings is 1. The number of methoxy groups -OCH3 is 1. The zero-order valence-corrected chi connectivity index (χ0v) is 13.4. The standard InChI is InChI=1S/C14H14N2O3S2/c1-8-11(13(18)19-2)21-14(15-8)16-12(17)9-5-4-6-10(7-9)20-3/h4-7H,1-3H3,(H,15,16,17). The Morgan fingerprint density at radius 1 is 1.38 bits per heavy atom. The zero-order valence-electron chi connectivity index (χ0n) is 11.8. The van der Waals surface area contributed by atoms with Crippen LogP contribution in [0.3, 0.4) is 0 Å². The lowest BCUT2D eigenvalue weighted by atomic mass is 10.2. The van der Waals surface area contributed by atoms with Crippen LogP contribution in [-0.2, 0) is 4.74 Å². The van der Waals surface area contributed by atoms with Crippen LogP contribution in [0.5, 0.6) is 0 Å². The summed E-state index contributed by atoms with van der Waals surface area (Å²) >= 11 is 2.67. The van der Waals surface area contributed by atoms with Gasteiger partial charge in [0, 0.05) is 10.5 Å². The van der Waals surface area contributed by atoms with Gasteiger partial charge in [0.25, 0.3) is 5.91 Å². The van der Waals surface area contributed by atoms with Crippen molar-refractivity contribution in [2.75, 3.05) is 18.7 Å². The van der Waals surface area contributed by atoms with Crippen molar-refractivity contribution in [3.63, 3.8) is 0 Å². The summed E-state index contributed by atoms with van der Waals surface area (Å²) in [5, 5.41) is 3.08. The van der Waals surface area contributed by atoms with E-state index < -0.39 is 5.97 Å². The summed E-state index contributed by atoms with van der Waals surface area (Å²) in [6.07, 6.45) is 1.95. The Hall–Kier alpha value is -1.86. The number of hydrogen-bond acceptors (Lipinski definition) is 6. The number of carbonyl (C=O) groups excluding carboxylic acids is 2. The highest BCUT2D eigenvalue weighted by molar-refractivity contribution is 7.98. The van der Waals surface area contributed by atoms with Gasteiger partial charge >= 0.3 is 5.97 Å². The summed E-state index contributed by atoms with van der Waals surface area (Å²) in [7, 11) is 1.31. The second kappa shape index (κ2) is 6.73. The van der Waals surface area contributed by atoms with E-state index in [4.69, 9.17) is 0 Å². The Morgan fingerprint density at radius 3 is 2.81 bits per heavy atom. The zero-order chi connectivity index (χ0) is 15.4. The van der Waals surface area contributed by atoms with Crippen molar-refractivity contribution in [2.24, 2.45) is 0 Å². The van der Waals surface area contributed by atoms with Crippen molar-refractivity contribution in [3.05, 3.63) is 40.4 Å². The van der Waals surface area contributed by atoms with Crippen molar-refractivity contribution < 1.29 is 14.3 Å². The number of carbonyl (C=O) groups is 2. The number of hydrogen-bond donors (Lipinski definition) is 1. The first-order valence-electron chi connectivity index (χ1n) is 6.06. The minimum Gasteiger partial charge on any atom is -0.465 e. The first-order valence-corrected chi connectivity index (χ1v) is 8.10. The second-order valence-corrected chi connectivity index (χ2v) is 5.99.